The minimum absolute atomic E-state index is 0.0906. The van der Waals surface area contributed by atoms with E-state index >= 15 is 0 Å². The number of hydrogen-bond donors (Lipinski definition) is 2. The van der Waals surface area contributed by atoms with Gasteiger partial charge in [0, 0.05) is 17.0 Å². The summed E-state index contributed by atoms with van der Waals surface area (Å²) in [7, 11) is 0. The van der Waals surface area contributed by atoms with Gasteiger partial charge in [-0.1, -0.05) is 19.9 Å². The van der Waals surface area contributed by atoms with Crippen LogP contribution in [-0.4, -0.2) is 22.6 Å². The molecule has 1 fully saturated rings. The van der Waals surface area contributed by atoms with E-state index in [-0.39, 0.29) is 16.9 Å². The zero-order valence-electron chi connectivity index (χ0n) is 11.1. The summed E-state index contributed by atoms with van der Waals surface area (Å²) in [6.45, 7) is 5.11. The predicted molar refractivity (Wildman–Crippen MR) is 71.4 cm³/mol. The highest BCUT2D eigenvalue weighted by molar-refractivity contribution is 5.60. The summed E-state index contributed by atoms with van der Waals surface area (Å²) in [6, 6.07) is 3.66. The molecule has 3 rings (SSSR count). The number of nitro groups is 1. The Labute approximate surface area is 111 Å². The molecule has 102 valence electrons. The molecule has 0 saturated carbocycles. The molecule has 1 saturated heterocycles. The Morgan fingerprint density at radius 3 is 2.95 bits per heavy atom. The summed E-state index contributed by atoms with van der Waals surface area (Å²) in [6.07, 6.45) is 1.66. The van der Waals surface area contributed by atoms with Crippen molar-refractivity contribution in [3.8, 4) is 5.75 Å². The number of benzene rings is 1. The molecule has 0 spiro atoms. The standard InChI is InChI=1S/C14H18N2O3/c1-8-10-7-9-3-4-11(17)13(16(18)19)12(9)14(8,2)5-6-15-10/h3-4,8,10,15,17H,5-7H2,1-2H3/t8-,10-,14-/m1/s1. The smallest absolute Gasteiger partial charge is 0.314 e. The first-order valence-corrected chi connectivity index (χ1v) is 6.68. The number of fused-ring (bicyclic) bond motifs is 4. The van der Waals surface area contributed by atoms with Gasteiger partial charge in [-0.15, -0.1) is 0 Å². The predicted octanol–water partition coefficient (Wildman–Crippen LogP) is 2.11. The van der Waals surface area contributed by atoms with E-state index in [1.54, 1.807) is 0 Å². The van der Waals surface area contributed by atoms with Crippen LogP contribution >= 0.6 is 0 Å². The zero-order valence-corrected chi connectivity index (χ0v) is 11.1. The molecule has 0 unspecified atom stereocenters. The van der Waals surface area contributed by atoms with E-state index in [9.17, 15) is 15.2 Å². The maximum absolute atomic E-state index is 11.3. The van der Waals surface area contributed by atoms with Crippen LogP contribution in [0, 0.1) is 16.0 Å². The van der Waals surface area contributed by atoms with Crippen LogP contribution in [0.25, 0.3) is 0 Å². The normalized spacial score (nSPS) is 32.7. The summed E-state index contributed by atoms with van der Waals surface area (Å²) >= 11 is 0. The van der Waals surface area contributed by atoms with Crippen LogP contribution in [0.5, 0.6) is 5.75 Å². The fraction of sp³-hybridized carbons (Fsp3) is 0.571. The first-order chi connectivity index (χ1) is 8.95. The Bertz CT molecular complexity index is 558. The Kier molecular flexibility index (Phi) is 2.57. The highest BCUT2D eigenvalue weighted by atomic mass is 16.6. The van der Waals surface area contributed by atoms with Crippen LogP contribution in [0.1, 0.15) is 31.4 Å². The quantitative estimate of drug-likeness (QED) is 0.600. The molecule has 1 aliphatic heterocycles. The summed E-state index contributed by atoms with van der Waals surface area (Å²) in [5, 5.41) is 24.7. The van der Waals surface area contributed by atoms with Crippen LogP contribution < -0.4 is 5.32 Å². The number of phenolic OH excluding ortho intramolecular Hbond substituents is 1. The van der Waals surface area contributed by atoms with Crippen molar-refractivity contribution in [3.05, 3.63) is 33.4 Å². The van der Waals surface area contributed by atoms with E-state index in [0.29, 0.717) is 12.0 Å². The highest BCUT2D eigenvalue weighted by Gasteiger charge is 2.49. The first kappa shape index (κ1) is 12.4. The highest BCUT2D eigenvalue weighted by Crippen LogP contribution is 2.51. The average molecular weight is 262 g/mol. The number of nitro benzene ring substituents is 1. The molecule has 0 aromatic heterocycles. The average Bonchev–Trinajstić information content (AvgIpc) is 2.34. The number of nitrogens with zero attached hydrogens (tertiary/aromatic N) is 1. The van der Waals surface area contributed by atoms with Crippen molar-refractivity contribution in [2.45, 2.75) is 38.1 Å². The Balaban J connectivity index is 2.29. The van der Waals surface area contributed by atoms with E-state index in [2.05, 4.69) is 19.2 Å². The number of phenols is 1. The number of piperidine rings is 1. The molecular formula is C14H18N2O3. The molecule has 1 aromatic carbocycles. The van der Waals surface area contributed by atoms with Crippen LogP contribution in [0.15, 0.2) is 12.1 Å². The van der Waals surface area contributed by atoms with E-state index in [0.717, 1.165) is 30.5 Å². The second-order valence-electron chi connectivity index (χ2n) is 5.95. The van der Waals surface area contributed by atoms with Crippen molar-refractivity contribution >= 4 is 5.69 Å². The summed E-state index contributed by atoms with van der Waals surface area (Å²) in [5.74, 6) is 0.114. The maximum Gasteiger partial charge on any atom is 0.314 e. The third-order valence-electron chi connectivity index (χ3n) is 5.10. The SMILES string of the molecule is C[C@@H]1[C@H]2Cc3ccc(O)c([N+](=O)[O-])c3[C@]1(C)CCN2. The van der Waals surface area contributed by atoms with E-state index in [4.69, 9.17) is 0 Å². The van der Waals surface area contributed by atoms with Crippen LogP contribution in [0.3, 0.4) is 0 Å². The number of rotatable bonds is 1. The lowest BCUT2D eigenvalue weighted by Crippen LogP contribution is -2.56. The van der Waals surface area contributed by atoms with Gasteiger partial charge in [0.05, 0.1) is 4.92 Å². The number of hydrogen-bond acceptors (Lipinski definition) is 4. The van der Waals surface area contributed by atoms with Gasteiger partial charge < -0.3 is 10.4 Å². The molecule has 5 heteroatoms. The third-order valence-corrected chi connectivity index (χ3v) is 5.10. The Morgan fingerprint density at radius 2 is 2.26 bits per heavy atom. The molecule has 0 radical (unpaired) electrons. The van der Waals surface area contributed by atoms with E-state index < -0.39 is 4.92 Å². The lowest BCUT2D eigenvalue weighted by atomic mass is 9.59. The summed E-state index contributed by atoms with van der Waals surface area (Å²) in [4.78, 5) is 10.9. The monoisotopic (exact) mass is 262 g/mol. The third kappa shape index (κ3) is 1.57. The van der Waals surface area contributed by atoms with Crippen LogP contribution in [0.2, 0.25) is 0 Å². The molecule has 3 atom stereocenters. The Morgan fingerprint density at radius 1 is 1.53 bits per heavy atom. The molecule has 2 aliphatic rings. The lowest BCUT2D eigenvalue weighted by molar-refractivity contribution is -0.387. The van der Waals surface area contributed by atoms with Gasteiger partial charge in [0.2, 0.25) is 0 Å². The van der Waals surface area contributed by atoms with E-state index in [1.165, 1.54) is 6.07 Å². The van der Waals surface area contributed by atoms with E-state index in [1.807, 2.05) is 6.07 Å². The molecule has 5 nitrogen and oxygen atoms in total. The van der Waals surface area contributed by atoms with Crippen molar-refractivity contribution < 1.29 is 10.0 Å². The molecule has 2 N–H and O–H groups in total. The van der Waals surface area contributed by atoms with Crippen LogP contribution in [-0.2, 0) is 11.8 Å². The summed E-state index contributed by atoms with van der Waals surface area (Å²) < 4.78 is 0. The van der Waals surface area contributed by atoms with Crippen molar-refractivity contribution in [1.29, 1.82) is 0 Å². The lowest BCUT2D eigenvalue weighted by Gasteiger charge is -2.49. The molecule has 1 aliphatic carbocycles. The zero-order chi connectivity index (χ0) is 13.8. The number of nitrogens with one attached hydrogen (secondary N) is 1. The van der Waals surface area contributed by atoms with Gasteiger partial charge in [-0.25, -0.2) is 0 Å². The van der Waals surface area contributed by atoms with Gasteiger partial charge in [-0.05, 0) is 36.9 Å². The topological polar surface area (TPSA) is 75.4 Å². The second-order valence-corrected chi connectivity index (χ2v) is 5.95. The molecule has 1 aromatic rings. The fourth-order valence-corrected chi connectivity index (χ4v) is 3.82. The molecular weight excluding hydrogens is 244 g/mol. The van der Waals surface area contributed by atoms with Gasteiger partial charge in [0.15, 0.2) is 5.75 Å². The molecule has 19 heavy (non-hydrogen) atoms. The molecule has 2 bridgehead atoms. The van der Waals surface area contributed by atoms with Crippen molar-refractivity contribution in [1.82, 2.24) is 5.32 Å². The number of aromatic hydroxyl groups is 1. The maximum atomic E-state index is 11.3. The second kappa shape index (κ2) is 3.93. The molecule has 0 amide bonds. The minimum atomic E-state index is -0.436. The van der Waals surface area contributed by atoms with Crippen LogP contribution in [0.4, 0.5) is 5.69 Å². The van der Waals surface area contributed by atoms with Crippen molar-refractivity contribution in [3.63, 3.8) is 0 Å². The fourth-order valence-electron chi connectivity index (χ4n) is 3.82. The van der Waals surface area contributed by atoms with Gasteiger partial charge in [0.25, 0.3) is 0 Å². The Hall–Kier alpha value is -1.62. The van der Waals surface area contributed by atoms with Gasteiger partial charge in [-0.2, -0.15) is 0 Å². The van der Waals surface area contributed by atoms with Gasteiger partial charge in [-0.3, -0.25) is 10.1 Å². The molecule has 1 heterocycles. The largest absolute Gasteiger partial charge is 0.502 e. The minimum Gasteiger partial charge on any atom is -0.502 e. The van der Waals surface area contributed by atoms with Gasteiger partial charge >= 0.3 is 5.69 Å². The first-order valence-electron chi connectivity index (χ1n) is 6.68. The van der Waals surface area contributed by atoms with Crippen molar-refractivity contribution in [2.24, 2.45) is 5.92 Å². The van der Waals surface area contributed by atoms with Gasteiger partial charge in [0.1, 0.15) is 0 Å². The summed E-state index contributed by atoms with van der Waals surface area (Å²) in [5.41, 5.74) is 1.43. The van der Waals surface area contributed by atoms with Crippen molar-refractivity contribution in [2.75, 3.05) is 6.54 Å².